The molecule has 0 spiro atoms. The molecule has 2 unspecified atom stereocenters. The van der Waals surface area contributed by atoms with Gasteiger partial charge in [-0.1, -0.05) is 187 Å². The van der Waals surface area contributed by atoms with Gasteiger partial charge in [-0.2, -0.15) is 0 Å². The number of nitrogens with one attached hydrogen (secondary N) is 1. The average molecular weight is 734 g/mol. The smallest absolute Gasteiger partial charge is 0.463 e. The minimum Gasteiger partial charge on any atom is -0.463 e. The first-order valence-electron chi connectivity index (χ1n) is 21.0. The van der Waals surface area contributed by atoms with Crippen LogP contribution < -0.4 is 5.32 Å². The number of hydrogen-bond donors (Lipinski definition) is 3. The summed E-state index contributed by atoms with van der Waals surface area (Å²) in [5.74, 6) is -0.507. The first-order valence-corrected chi connectivity index (χ1v) is 22.5. The molecule has 0 aromatic rings. The predicted molar refractivity (Wildman–Crippen MR) is 206 cm³/mol. The molecule has 1 amide bonds. The summed E-state index contributed by atoms with van der Waals surface area (Å²) in [6.45, 7) is 3.57. The number of aliphatic hydroxyl groups is 1. The van der Waals surface area contributed by atoms with Crippen molar-refractivity contribution in [2.45, 2.75) is 219 Å². The van der Waals surface area contributed by atoms with Gasteiger partial charge >= 0.3 is 13.8 Å². The highest BCUT2D eigenvalue weighted by Gasteiger charge is 2.23. The van der Waals surface area contributed by atoms with Gasteiger partial charge in [0.05, 0.1) is 13.2 Å². The SMILES string of the molecule is CCCCCCCCCCCCCCCCCCCCCC(=O)NCCOP(=O)(O)OCC(O)COC(=O)CCCCCCCCCCCC. The van der Waals surface area contributed by atoms with Crippen LogP contribution in [0.15, 0.2) is 0 Å². The van der Waals surface area contributed by atoms with E-state index in [2.05, 4.69) is 19.2 Å². The van der Waals surface area contributed by atoms with Crippen LogP contribution in [0.1, 0.15) is 213 Å². The molecule has 3 N–H and O–H groups in total. The van der Waals surface area contributed by atoms with E-state index < -0.39 is 26.5 Å². The number of phosphoric acid groups is 1. The van der Waals surface area contributed by atoms with Gasteiger partial charge in [0, 0.05) is 19.4 Å². The summed E-state index contributed by atoms with van der Waals surface area (Å²) < 4.78 is 26.8. The Morgan fingerprint density at radius 1 is 0.540 bits per heavy atom. The van der Waals surface area contributed by atoms with Gasteiger partial charge in [-0.25, -0.2) is 4.57 Å². The molecular weight excluding hydrogens is 653 g/mol. The van der Waals surface area contributed by atoms with Gasteiger partial charge in [-0.05, 0) is 12.8 Å². The van der Waals surface area contributed by atoms with Gasteiger partial charge in [0.25, 0.3) is 0 Å². The third kappa shape index (κ3) is 38.2. The van der Waals surface area contributed by atoms with Crippen molar-refractivity contribution in [3.05, 3.63) is 0 Å². The minimum absolute atomic E-state index is 0.0883. The molecule has 0 saturated heterocycles. The number of carbonyl (C=O) groups excluding carboxylic acids is 2. The normalized spacial score (nSPS) is 13.3. The number of aliphatic hydroxyl groups excluding tert-OH is 1. The summed E-state index contributed by atoms with van der Waals surface area (Å²) in [6, 6.07) is 0. The third-order valence-electron chi connectivity index (χ3n) is 9.29. The Bertz CT molecular complexity index is 799. The average Bonchev–Trinajstić information content (AvgIpc) is 3.10. The molecule has 50 heavy (non-hydrogen) atoms. The Hall–Kier alpha value is -0.990. The van der Waals surface area contributed by atoms with Crippen LogP contribution in [-0.2, 0) is 27.9 Å². The standard InChI is InChI=1S/C40H80NO8P/c1-3-5-7-9-11-13-15-16-17-18-19-20-21-22-23-24-26-28-30-32-39(43)41-34-35-48-50(45,46)49-37-38(42)36-47-40(44)33-31-29-27-25-14-12-10-8-6-4-2/h38,42H,3-37H2,1-2H3,(H,41,43)(H,45,46). The monoisotopic (exact) mass is 734 g/mol. The van der Waals surface area contributed by atoms with Crippen molar-refractivity contribution >= 4 is 19.7 Å². The Kier molecular flexibility index (Phi) is 37.0. The summed E-state index contributed by atoms with van der Waals surface area (Å²) in [5.41, 5.74) is 0. The lowest BCUT2D eigenvalue weighted by atomic mass is 10.0. The largest absolute Gasteiger partial charge is 0.472 e. The summed E-state index contributed by atoms with van der Waals surface area (Å²) in [5, 5.41) is 12.6. The highest BCUT2D eigenvalue weighted by atomic mass is 31.2. The number of carbonyl (C=O) groups is 2. The van der Waals surface area contributed by atoms with Crippen LogP contribution in [0.4, 0.5) is 0 Å². The molecule has 0 aromatic heterocycles. The summed E-state index contributed by atoms with van der Waals surface area (Å²) >= 11 is 0. The highest BCUT2D eigenvalue weighted by Crippen LogP contribution is 2.42. The van der Waals surface area contributed by atoms with E-state index in [1.54, 1.807) is 0 Å². The number of rotatable bonds is 40. The number of amides is 1. The van der Waals surface area contributed by atoms with Gasteiger partial charge in [0.15, 0.2) is 0 Å². The fraction of sp³-hybridized carbons (Fsp3) is 0.950. The maximum Gasteiger partial charge on any atom is 0.472 e. The van der Waals surface area contributed by atoms with E-state index in [4.69, 9.17) is 13.8 Å². The third-order valence-corrected chi connectivity index (χ3v) is 10.3. The van der Waals surface area contributed by atoms with Gasteiger partial charge in [-0.15, -0.1) is 0 Å². The Morgan fingerprint density at radius 2 is 0.900 bits per heavy atom. The van der Waals surface area contributed by atoms with E-state index in [0.29, 0.717) is 6.42 Å². The molecule has 0 heterocycles. The van der Waals surface area contributed by atoms with E-state index >= 15 is 0 Å². The molecule has 298 valence electrons. The molecule has 0 fully saturated rings. The Labute approximate surface area is 307 Å². The first kappa shape index (κ1) is 49.0. The number of hydrogen-bond acceptors (Lipinski definition) is 7. The molecule has 0 bridgehead atoms. The highest BCUT2D eigenvalue weighted by molar-refractivity contribution is 7.47. The molecule has 9 nitrogen and oxygen atoms in total. The fourth-order valence-corrected chi connectivity index (χ4v) is 6.84. The zero-order valence-corrected chi connectivity index (χ0v) is 33.5. The van der Waals surface area contributed by atoms with Crippen LogP contribution in [0.3, 0.4) is 0 Å². The lowest BCUT2D eigenvalue weighted by molar-refractivity contribution is -0.147. The van der Waals surface area contributed by atoms with Crippen molar-refractivity contribution in [2.75, 3.05) is 26.4 Å². The second-order valence-corrected chi connectivity index (χ2v) is 15.8. The van der Waals surface area contributed by atoms with Crippen molar-refractivity contribution in [1.29, 1.82) is 0 Å². The van der Waals surface area contributed by atoms with Crippen LogP contribution in [0, 0.1) is 0 Å². The summed E-state index contributed by atoms with van der Waals surface area (Å²) in [4.78, 5) is 33.8. The summed E-state index contributed by atoms with van der Waals surface area (Å²) in [6.07, 6.45) is 36.1. The van der Waals surface area contributed by atoms with E-state index in [1.807, 2.05) is 0 Å². The molecule has 0 radical (unpaired) electrons. The number of ether oxygens (including phenoxy) is 1. The second kappa shape index (κ2) is 37.8. The van der Waals surface area contributed by atoms with Crippen LogP contribution in [-0.4, -0.2) is 54.3 Å². The quantitative estimate of drug-likeness (QED) is 0.0322. The topological polar surface area (TPSA) is 131 Å². The zero-order chi connectivity index (χ0) is 36.8. The Balaban J connectivity index is 3.53. The van der Waals surface area contributed by atoms with Gasteiger partial charge in [-0.3, -0.25) is 18.6 Å². The molecule has 0 aliphatic carbocycles. The van der Waals surface area contributed by atoms with Crippen molar-refractivity contribution in [1.82, 2.24) is 5.32 Å². The van der Waals surface area contributed by atoms with E-state index in [1.165, 1.54) is 148 Å². The number of phosphoric ester groups is 1. The Morgan fingerprint density at radius 3 is 1.30 bits per heavy atom. The first-order chi connectivity index (χ1) is 24.3. The molecule has 10 heteroatoms. The maximum atomic E-state index is 12.1. The molecule has 0 aromatic carbocycles. The van der Waals surface area contributed by atoms with Crippen LogP contribution >= 0.6 is 7.82 Å². The molecule has 0 aliphatic heterocycles. The summed E-state index contributed by atoms with van der Waals surface area (Å²) in [7, 11) is -4.40. The van der Waals surface area contributed by atoms with Gasteiger partial charge in [0.1, 0.15) is 12.7 Å². The molecule has 0 saturated carbocycles. The van der Waals surface area contributed by atoms with E-state index in [0.717, 1.165) is 38.5 Å². The maximum absolute atomic E-state index is 12.1. The lowest BCUT2D eigenvalue weighted by Gasteiger charge is -2.15. The molecule has 0 rings (SSSR count). The van der Waals surface area contributed by atoms with Gasteiger partial charge < -0.3 is 20.1 Å². The van der Waals surface area contributed by atoms with Crippen LogP contribution in [0.2, 0.25) is 0 Å². The number of unbranched alkanes of at least 4 members (excludes halogenated alkanes) is 27. The lowest BCUT2D eigenvalue weighted by Crippen LogP contribution is -2.27. The van der Waals surface area contributed by atoms with Crippen LogP contribution in [0.25, 0.3) is 0 Å². The predicted octanol–water partition coefficient (Wildman–Crippen LogP) is 11.3. The van der Waals surface area contributed by atoms with Crippen molar-refractivity contribution in [3.8, 4) is 0 Å². The fourth-order valence-electron chi connectivity index (χ4n) is 6.09. The molecular formula is C40H80NO8P. The van der Waals surface area contributed by atoms with Crippen molar-refractivity contribution < 1.29 is 37.9 Å². The second-order valence-electron chi connectivity index (χ2n) is 14.3. The van der Waals surface area contributed by atoms with Crippen molar-refractivity contribution in [2.24, 2.45) is 0 Å². The van der Waals surface area contributed by atoms with Gasteiger partial charge in [0.2, 0.25) is 5.91 Å². The number of esters is 1. The van der Waals surface area contributed by atoms with Crippen LogP contribution in [0.5, 0.6) is 0 Å². The van der Waals surface area contributed by atoms with E-state index in [-0.39, 0.29) is 32.1 Å². The molecule has 0 aliphatic rings. The van der Waals surface area contributed by atoms with Crippen molar-refractivity contribution in [3.63, 3.8) is 0 Å². The molecule has 2 atom stereocenters. The minimum atomic E-state index is -4.40. The zero-order valence-electron chi connectivity index (χ0n) is 32.6. The van der Waals surface area contributed by atoms with E-state index in [9.17, 15) is 24.2 Å².